The molecule has 1 amide bonds. The second-order valence-electron chi connectivity index (χ2n) is 5.19. The van der Waals surface area contributed by atoms with Gasteiger partial charge in [-0.25, -0.2) is 4.39 Å². The summed E-state index contributed by atoms with van der Waals surface area (Å²) in [4.78, 5) is 24.5. The molecule has 1 aromatic rings. The van der Waals surface area contributed by atoms with Gasteiger partial charge in [0.15, 0.2) is 0 Å². The quantitative estimate of drug-likeness (QED) is 0.657. The van der Waals surface area contributed by atoms with Crippen LogP contribution in [0.15, 0.2) is 30.5 Å². The van der Waals surface area contributed by atoms with Gasteiger partial charge in [0.2, 0.25) is 5.91 Å². The Morgan fingerprint density at radius 2 is 2.04 bits per heavy atom. The molecule has 1 atom stereocenters. The molecule has 0 aromatic heterocycles. The van der Waals surface area contributed by atoms with Crippen LogP contribution < -0.4 is 5.32 Å². The number of amides is 1. The van der Waals surface area contributed by atoms with Crippen molar-refractivity contribution >= 4 is 29.0 Å². The molecule has 1 aliphatic rings. The van der Waals surface area contributed by atoms with Gasteiger partial charge in [0.1, 0.15) is 11.9 Å². The molecule has 0 spiro atoms. The number of ketones is 1. The van der Waals surface area contributed by atoms with E-state index in [4.69, 9.17) is 11.6 Å². The number of carbonyl (C=O) groups is 2. The Morgan fingerprint density at radius 1 is 1.33 bits per heavy atom. The summed E-state index contributed by atoms with van der Waals surface area (Å²) in [5, 5.41) is 2.37. The lowest BCUT2D eigenvalue weighted by Gasteiger charge is -2.22. The number of alkyl halides is 3. The Bertz CT molecular complexity index is 676. The predicted octanol–water partition coefficient (Wildman–Crippen LogP) is 3.53. The van der Waals surface area contributed by atoms with E-state index in [0.29, 0.717) is 25.5 Å². The molecule has 9 heteroatoms. The van der Waals surface area contributed by atoms with Crippen LogP contribution in [0.3, 0.4) is 0 Å². The first-order chi connectivity index (χ1) is 11.2. The number of likely N-dealkylation sites (tertiary alicyclic amines) is 1. The summed E-state index contributed by atoms with van der Waals surface area (Å²) in [5.41, 5.74) is 0.272. The summed E-state index contributed by atoms with van der Waals surface area (Å²) in [6.07, 6.45) is -2.55. The standard InChI is InChI=1S/C15H13ClF4N2O2/c16-10-8-9(3-4-11(10)17)21-14(24)12-2-1-6-22(12)7-5-13(23)15(18,19)20/h3-5,7-8,12H,1-2,6H2,(H,21,24)/b7-5+/t12-/m0/s1. The van der Waals surface area contributed by atoms with Crippen molar-refractivity contribution < 1.29 is 27.2 Å². The molecule has 1 heterocycles. The van der Waals surface area contributed by atoms with Gasteiger partial charge >= 0.3 is 6.18 Å². The van der Waals surface area contributed by atoms with Crippen LogP contribution in [0.2, 0.25) is 5.02 Å². The lowest BCUT2D eigenvalue weighted by atomic mass is 10.2. The largest absolute Gasteiger partial charge is 0.454 e. The summed E-state index contributed by atoms with van der Waals surface area (Å²) in [5.74, 6) is -3.09. The summed E-state index contributed by atoms with van der Waals surface area (Å²) in [7, 11) is 0. The van der Waals surface area contributed by atoms with Gasteiger partial charge in [-0.3, -0.25) is 9.59 Å². The van der Waals surface area contributed by atoms with Gasteiger partial charge in [-0.05, 0) is 31.0 Å². The minimum Gasteiger partial charge on any atom is -0.365 e. The number of halogens is 5. The SMILES string of the molecule is O=C(Nc1ccc(F)c(Cl)c1)[C@@H]1CCCN1/C=C/C(=O)C(F)(F)F. The molecule has 0 unspecified atom stereocenters. The molecular formula is C15H13ClF4N2O2. The van der Waals surface area contributed by atoms with Gasteiger partial charge in [-0.2, -0.15) is 13.2 Å². The van der Waals surface area contributed by atoms with Crippen LogP contribution in [0.5, 0.6) is 0 Å². The zero-order valence-electron chi connectivity index (χ0n) is 12.2. The highest BCUT2D eigenvalue weighted by Gasteiger charge is 2.37. The van der Waals surface area contributed by atoms with Crippen LogP contribution >= 0.6 is 11.6 Å². The fourth-order valence-electron chi connectivity index (χ4n) is 2.31. The molecule has 1 saturated heterocycles. The highest BCUT2D eigenvalue weighted by molar-refractivity contribution is 6.31. The van der Waals surface area contributed by atoms with Crippen LogP contribution in [-0.4, -0.2) is 35.4 Å². The molecule has 0 aliphatic carbocycles. The molecule has 1 N–H and O–H groups in total. The summed E-state index contributed by atoms with van der Waals surface area (Å²) in [6.45, 7) is 0.351. The third-order valence-corrected chi connectivity index (χ3v) is 3.77. The maximum atomic E-state index is 13.1. The minimum absolute atomic E-state index is 0.160. The fraction of sp³-hybridized carbons (Fsp3) is 0.333. The first kappa shape index (κ1) is 18.3. The third-order valence-electron chi connectivity index (χ3n) is 3.48. The van der Waals surface area contributed by atoms with Crippen LogP contribution in [0.1, 0.15) is 12.8 Å². The molecule has 4 nitrogen and oxygen atoms in total. The van der Waals surface area contributed by atoms with E-state index in [1.165, 1.54) is 17.0 Å². The van der Waals surface area contributed by atoms with Crippen LogP contribution in [-0.2, 0) is 9.59 Å². The zero-order valence-corrected chi connectivity index (χ0v) is 13.0. The summed E-state index contributed by atoms with van der Waals surface area (Å²) in [6, 6.07) is 2.93. The monoisotopic (exact) mass is 364 g/mol. The van der Waals surface area contributed by atoms with Crippen molar-refractivity contribution in [1.29, 1.82) is 0 Å². The second-order valence-corrected chi connectivity index (χ2v) is 5.60. The Balaban J connectivity index is 2.04. The van der Waals surface area contributed by atoms with E-state index in [9.17, 15) is 27.2 Å². The average molecular weight is 365 g/mol. The molecular weight excluding hydrogens is 352 g/mol. The van der Waals surface area contributed by atoms with Gasteiger partial charge in [-0.15, -0.1) is 0 Å². The van der Waals surface area contributed by atoms with E-state index in [-0.39, 0.29) is 10.7 Å². The molecule has 130 valence electrons. The number of nitrogens with zero attached hydrogens (tertiary/aromatic N) is 1. The molecule has 0 radical (unpaired) electrons. The Labute approximate surface area is 140 Å². The van der Waals surface area contributed by atoms with Crippen LogP contribution in [0, 0.1) is 5.82 Å². The Morgan fingerprint density at radius 3 is 2.67 bits per heavy atom. The van der Waals surface area contributed by atoms with E-state index >= 15 is 0 Å². The highest BCUT2D eigenvalue weighted by atomic mass is 35.5. The topological polar surface area (TPSA) is 49.4 Å². The van der Waals surface area contributed by atoms with E-state index in [0.717, 1.165) is 12.3 Å². The fourth-order valence-corrected chi connectivity index (χ4v) is 2.49. The Hall–Kier alpha value is -2.09. The number of anilines is 1. The lowest BCUT2D eigenvalue weighted by molar-refractivity contribution is -0.165. The molecule has 0 saturated carbocycles. The lowest BCUT2D eigenvalue weighted by Crippen LogP contribution is -2.36. The number of rotatable bonds is 4. The van der Waals surface area contributed by atoms with Crippen molar-refractivity contribution in [2.24, 2.45) is 0 Å². The number of allylic oxidation sites excluding steroid dienone is 1. The number of carbonyl (C=O) groups excluding carboxylic acids is 2. The van der Waals surface area contributed by atoms with Crippen molar-refractivity contribution in [3.05, 3.63) is 41.3 Å². The Kier molecular flexibility index (Phi) is 5.48. The van der Waals surface area contributed by atoms with Gasteiger partial charge in [0.05, 0.1) is 5.02 Å². The van der Waals surface area contributed by atoms with Crippen molar-refractivity contribution in [3.63, 3.8) is 0 Å². The van der Waals surface area contributed by atoms with Crippen molar-refractivity contribution in [1.82, 2.24) is 4.90 Å². The summed E-state index contributed by atoms with van der Waals surface area (Å²) < 4.78 is 49.7. The molecule has 24 heavy (non-hydrogen) atoms. The third kappa shape index (κ3) is 4.47. The van der Waals surface area contributed by atoms with Gasteiger partial charge in [0.25, 0.3) is 5.78 Å². The molecule has 0 bridgehead atoms. The minimum atomic E-state index is -4.95. The van der Waals surface area contributed by atoms with Crippen molar-refractivity contribution in [2.45, 2.75) is 25.1 Å². The summed E-state index contributed by atoms with van der Waals surface area (Å²) >= 11 is 5.62. The number of hydrogen-bond acceptors (Lipinski definition) is 3. The smallest absolute Gasteiger partial charge is 0.365 e. The van der Waals surface area contributed by atoms with Crippen LogP contribution in [0.25, 0.3) is 0 Å². The molecule has 2 rings (SSSR count). The van der Waals surface area contributed by atoms with Gasteiger partial charge in [0, 0.05) is 24.5 Å². The van der Waals surface area contributed by atoms with E-state index < -0.39 is 29.7 Å². The number of benzene rings is 1. The van der Waals surface area contributed by atoms with E-state index in [1.807, 2.05) is 0 Å². The van der Waals surface area contributed by atoms with Crippen molar-refractivity contribution in [2.75, 3.05) is 11.9 Å². The second kappa shape index (κ2) is 7.21. The first-order valence-corrected chi connectivity index (χ1v) is 7.37. The van der Waals surface area contributed by atoms with Gasteiger partial charge in [-0.1, -0.05) is 11.6 Å². The number of nitrogens with one attached hydrogen (secondary N) is 1. The predicted molar refractivity (Wildman–Crippen MR) is 80.0 cm³/mol. The first-order valence-electron chi connectivity index (χ1n) is 6.99. The van der Waals surface area contributed by atoms with E-state index in [2.05, 4.69) is 5.32 Å². The van der Waals surface area contributed by atoms with E-state index in [1.54, 1.807) is 0 Å². The van der Waals surface area contributed by atoms with Crippen molar-refractivity contribution in [3.8, 4) is 0 Å². The molecule has 1 aliphatic heterocycles. The number of hydrogen-bond donors (Lipinski definition) is 1. The zero-order chi connectivity index (χ0) is 17.9. The van der Waals surface area contributed by atoms with Crippen LogP contribution in [0.4, 0.5) is 23.2 Å². The molecule has 1 aromatic carbocycles. The average Bonchev–Trinajstić information content (AvgIpc) is 2.96. The normalized spacial score (nSPS) is 18.2. The molecule has 1 fully saturated rings. The maximum absolute atomic E-state index is 13.1. The van der Waals surface area contributed by atoms with Gasteiger partial charge < -0.3 is 10.2 Å². The highest BCUT2D eigenvalue weighted by Crippen LogP contribution is 2.23. The maximum Gasteiger partial charge on any atom is 0.454 e.